The molecule has 8 heteroatoms. The van der Waals surface area contributed by atoms with Gasteiger partial charge >= 0.3 is 0 Å². The van der Waals surface area contributed by atoms with Crippen molar-refractivity contribution >= 4 is 17.2 Å². The third kappa shape index (κ3) is 5.63. The number of hydrogen-bond acceptors (Lipinski definition) is 6. The van der Waals surface area contributed by atoms with Gasteiger partial charge in [-0.05, 0) is 76.0 Å². The summed E-state index contributed by atoms with van der Waals surface area (Å²) in [7, 11) is 0. The molecule has 35 heavy (non-hydrogen) atoms. The summed E-state index contributed by atoms with van der Waals surface area (Å²) in [5.41, 5.74) is 2.90. The van der Waals surface area contributed by atoms with Gasteiger partial charge in [-0.3, -0.25) is 9.78 Å². The van der Waals surface area contributed by atoms with Crippen LogP contribution in [0.3, 0.4) is 0 Å². The van der Waals surface area contributed by atoms with Crippen molar-refractivity contribution < 1.29 is 14.6 Å². The van der Waals surface area contributed by atoms with Gasteiger partial charge in [-0.15, -0.1) is 0 Å². The summed E-state index contributed by atoms with van der Waals surface area (Å²) in [6.07, 6.45) is 7.88. The molecule has 0 saturated carbocycles. The Bertz CT molecular complexity index is 1190. The smallest absolute Gasteiger partial charge is 0.291 e. The predicted octanol–water partition coefficient (Wildman–Crippen LogP) is 4.95. The van der Waals surface area contributed by atoms with Crippen LogP contribution in [0, 0.1) is 16.7 Å². The Labute approximate surface area is 206 Å². The maximum atomic E-state index is 12.9. The Morgan fingerprint density at radius 2 is 2.06 bits per heavy atom. The van der Waals surface area contributed by atoms with E-state index in [0.717, 1.165) is 42.6 Å². The average molecular weight is 478 g/mol. The molecule has 3 heterocycles. The molecular formula is C27H35N5O3. The number of amides is 1. The standard InChI is InChI=1S/C27H35N5O3/c1-25(2)10-8-17(9-11-25)22-21(32-24(34)23-29-15-19(14-28)30-23)7-6-20(31-22)18-12-26(3,4)35-27(5,13-18)16-33/h6-8,15,18,33H,9-13,16H2,1-5H3,(H,29,30)(H,32,34)/t18-,27-/m0/s1. The summed E-state index contributed by atoms with van der Waals surface area (Å²) in [5.74, 6) is -0.220. The zero-order chi connectivity index (χ0) is 25.4. The number of hydrogen-bond donors (Lipinski definition) is 3. The number of imidazole rings is 1. The molecule has 2 aromatic heterocycles. The normalized spacial score (nSPS) is 25.4. The van der Waals surface area contributed by atoms with Crippen LogP contribution in [0.5, 0.6) is 0 Å². The number of carbonyl (C=O) groups excluding carboxylic acids is 1. The third-order valence-corrected chi connectivity index (χ3v) is 7.04. The van der Waals surface area contributed by atoms with Gasteiger partial charge < -0.3 is 20.1 Å². The van der Waals surface area contributed by atoms with Crippen LogP contribution < -0.4 is 5.32 Å². The van der Waals surface area contributed by atoms with Gasteiger partial charge in [0.15, 0.2) is 5.82 Å². The first kappa shape index (κ1) is 25.1. The Morgan fingerprint density at radius 3 is 2.69 bits per heavy atom. The van der Waals surface area contributed by atoms with E-state index in [1.807, 2.05) is 39.0 Å². The predicted molar refractivity (Wildman–Crippen MR) is 134 cm³/mol. The van der Waals surface area contributed by atoms with Gasteiger partial charge in [0, 0.05) is 11.6 Å². The van der Waals surface area contributed by atoms with Crippen LogP contribution in [-0.4, -0.2) is 43.8 Å². The zero-order valence-electron chi connectivity index (χ0n) is 21.2. The van der Waals surface area contributed by atoms with E-state index in [1.54, 1.807) is 0 Å². The molecule has 8 nitrogen and oxygen atoms in total. The van der Waals surface area contributed by atoms with Crippen LogP contribution in [0.4, 0.5) is 5.69 Å². The Morgan fingerprint density at radius 1 is 1.29 bits per heavy atom. The van der Waals surface area contributed by atoms with Crippen LogP contribution in [0.1, 0.15) is 100 Å². The largest absolute Gasteiger partial charge is 0.393 e. The first-order valence-electron chi connectivity index (χ1n) is 12.2. The van der Waals surface area contributed by atoms with Crippen LogP contribution >= 0.6 is 0 Å². The molecule has 1 aliphatic heterocycles. The molecule has 186 valence electrons. The van der Waals surface area contributed by atoms with Crippen LogP contribution in [0.25, 0.3) is 5.57 Å². The number of pyridine rings is 1. The first-order chi connectivity index (χ1) is 16.4. The molecule has 0 unspecified atom stereocenters. The molecule has 1 amide bonds. The van der Waals surface area contributed by atoms with Crippen LogP contribution in [0.15, 0.2) is 24.4 Å². The monoisotopic (exact) mass is 477 g/mol. The topological polar surface area (TPSA) is 124 Å². The molecular weight excluding hydrogens is 442 g/mol. The summed E-state index contributed by atoms with van der Waals surface area (Å²) in [6.45, 7) is 10.5. The number of rotatable bonds is 5. The molecule has 0 spiro atoms. The minimum atomic E-state index is -0.632. The number of anilines is 1. The van der Waals surface area contributed by atoms with Gasteiger partial charge in [0.2, 0.25) is 0 Å². The Balaban J connectivity index is 1.70. The lowest BCUT2D eigenvalue weighted by atomic mass is 9.77. The third-order valence-electron chi connectivity index (χ3n) is 7.04. The highest BCUT2D eigenvalue weighted by Crippen LogP contribution is 2.44. The minimum Gasteiger partial charge on any atom is -0.393 e. The van der Waals surface area contributed by atoms with Crippen molar-refractivity contribution in [3.8, 4) is 6.07 Å². The fourth-order valence-electron chi connectivity index (χ4n) is 5.26. The SMILES string of the molecule is CC1(C)CC=C(c2nc([C@H]3CC(C)(C)O[C@](C)(CO)C3)ccc2NC(=O)c2ncc(C#N)[nH]2)CC1. The van der Waals surface area contributed by atoms with Gasteiger partial charge in [0.1, 0.15) is 11.8 Å². The number of aromatic nitrogens is 3. The maximum Gasteiger partial charge on any atom is 0.291 e. The lowest BCUT2D eigenvalue weighted by Crippen LogP contribution is -2.48. The van der Waals surface area contributed by atoms with Crippen molar-refractivity contribution in [3.63, 3.8) is 0 Å². The van der Waals surface area contributed by atoms with Crippen LogP contribution in [-0.2, 0) is 4.74 Å². The molecule has 1 saturated heterocycles. The van der Waals surface area contributed by atoms with E-state index in [1.165, 1.54) is 6.20 Å². The van der Waals surface area contributed by atoms with Crippen molar-refractivity contribution in [2.75, 3.05) is 11.9 Å². The number of allylic oxidation sites excluding steroid dienone is 2. The summed E-state index contributed by atoms with van der Waals surface area (Å²) in [5, 5.41) is 22.0. The van der Waals surface area contributed by atoms with E-state index >= 15 is 0 Å². The fraction of sp³-hybridized carbons (Fsp3) is 0.556. The number of nitrogens with zero attached hydrogens (tertiary/aromatic N) is 3. The van der Waals surface area contributed by atoms with Crippen molar-refractivity contribution in [2.24, 2.45) is 5.41 Å². The number of ether oxygens (including phenoxy) is 1. The van der Waals surface area contributed by atoms with Gasteiger partial charge in [0.05, 0.1) is 35.4 Å². The number of nitriles is 1. The first-order valence-corrected chi connectivity index (χ1v) is 12.2. The number of aromatic amines is 1. The number of aliphatic hydroxyl groups excluding tert-OH is 1. The van der Waals surface area contributed by atoms with Crippen molar-refractivity contribution in [1.29, 1.82) is 5.26 Å². The molecule has 0 radical (unpaired) electrons. The lowest BCUT2D eigenvalue weighted by molar-refractivity contribution is -0.187. The van der Waals surface area contributed by atoms with E-state index in [-0.39, 0.29) is 35.1 Å². The highest BCUT2D eigenvalue weighted by atomic mass is 16.5. The quantitative estimate of drug-likeness (QED) is 0.560. The zero-order valence-corrected chi connectivity index (χ0v) is 21.2. The van der Waals surface area contributed by atoms with Crippen molar-refractivity contribution in [2.45, 2.75) is 83.8 Å². The van der Waals surface area contributed by atoms with E-state index < -0.39 is 11.5 Å². The molecule has 1 fully saturated rings. The number of nitrogens with one attached hydrogen (secondary N) is 2. The maximum absolute atomic E-state index is 12.9. The molecule has 0 bridgehead atoms. The van der Waals surface area contributed by atoms with E-state index in [9.17, 15) is 9.90 Å². The lowest BCUT2D eigenvalue weighted by Gasteiger charge is -2.46. The molecule has 2 aromatic rings. The van der Waals surface area contributed by atoms with E-state index in [4.69, 9.17) is 15.0 Å². The number of H-pyrrole nitrogens is 1. The Kier molecular flexibility index (Phi) is 6.60. The number of carbonyl (C=O) groups is 1. The van der Waals surface area contributed by atoms with Gasteiger partial charge in [-0.25, -0.2) is 4.98 Å². The second-order valence-corrected chi connectivity index (χ2v) is 11.5. The molecule has 4 rings (SSSR count). The molecule has 2 atom stereocenters. The van der Waals surface area contributed by atoms with Gasteiger partial charge in [0.25, 0.3) is 5.91 Å². The van der Waals surface area contributed by atoms with E-state index in [2.05, 4.69) is 35.2 Å². The highest BCUT2D eigenvalue weighted by molar-refractivity contribution is 6.03. The summed E-state index contributed by atoms with van der Waals surface area (Å²) >= 11 is 0. The molecule has 3 N–H and O–H groups in total. The highest BCUT2D eigenvalue weighted by Gasteiger charge is 2.43. The van der Waals surface area contributed by atoms with E-state index in [0.29, 0.717) is 12.1 Å². The second kappa shape index (κ2) is 9.21. The number of aliphatic hydroxyl groups is 1. The summed E-state index contributed by atoms with van der Waals surface area (Å²) in [4.78, 5) is 24.7. The average Bonchev–Trinajstić information content (AvgIpc) is 3.28. The second-order valence-electron chi connectivity index (χ2n) is 11.5. The fourth-order valence-corrected chi connectivity index (χ4v) is 5.26. The van der Waals surface area contributed by atoms with Crippen LogP contribution in [0.2, 0.25) is 0 Å². The van der Waals surface area contributed by atoms with Crippen molar-refractivity contribution in [3.05, 3.63) is 47.3 Å². The summed E-state index contributed by atoms with van der Waals surface area (Å²) in [6, 6.07) is 5.81. The van der Waals surface area contributed by atoms with Gasteiger partial charge in [-0.1, -0.05) is 19.9 Å². The Hall–Kier alpha value is -3.02. The van der Waals surface area contributed by atoms with Crippen molar-refractivity contribution in [1.82, 2.24) is 15.0 Å². The van der Waals surface area contributed by atoms with Gasteiger partial charge in [-0.2, -0.15) is 5.26 Å². The molecule has 1 aliphatic carbocycles. The molecule has 0 aromatic carbocycles. The summed E-state index contributed by atoms with van der Waals surface area (Å²) < 4.78 is 6.19. The minimum absolute atomic E-state index is 0.0536. The molecule has 2 aliphatic rings.